The fourth-order valence-corrected chi connectivity index (χ4v) is 3.99. The van der Waals surface area contributed by atoms with Crippen molar-refractivity contribution in [2.24, 2.45) is 0 Å². The number of rotatable bonds is 8. The number of likely N-dealkylation sites (N-methyl/N-ethyl adjacent to an activating group) is 1. The Bertz CT molecular complexity index is 1300. The van der Waals surface area contributed by atoms with Crippen molar-refractivity contribution in [3.05, 3.63) is 82.7 Å². The maximum atomic E-state index is 13.0. The van der Waals surface area contributed by atoms with E-state index in [2.05, 4.69) is 5.32 Å². The lowest BCUT2D eigenvalue weighted by Gasteiger charge is -2.17. The highest BCUT2D eigenvalue weighted by molar-refractivity contribution is 6.04. The van der Waals surface area contributed by atoms with E-state index < -0.39 is 5.91 Å². The van der Waals surface area contributed by atoms with Crippen LogP contribution in [0.5, 0.6) is 5.75 Å². The topological polar surface area (TPSA) is 87.4 Å². The molecule has 0 radical (unpaired) electrons. The number of aryl methyl sites for hydroxylation is 2. The molecule has 7 heteroatoms. The normalized spacial score (nSPS) is 11.0. The van der Waals surface area contributed by atoms with Crippen molar-refractivity contribution in [3.8, 4) is 17.5 Å². The lowest BCUT2D eigenvalue weighted by Crippen LogP contribution is -2.35. The van der Waals surface area contributed by atoms with Crippen molar-refractivity contribution in [1.82, 2.24) is 9.47 Å². The average molecular weight is 471 g/mol. The molecule has 35 heavy (non-hydrogen) atoms. The first kappa shape index (κ1) is 25.3. The molecule has 1 heterocycles. The van der Waals surface area contributed by atoms with Gasteiger partial charge in [-0.15, -0.1) is 0 Å². The molecule has 2 aromatic carbocycles. The monoisotopic (exact) mass is 470 g/mol. The molecular formula is C28H30N4O3. The first-order chi connectivity index (χ1) is 16.8. The lowest BCUT2D eigenvalue weighted by atomic mass is 10.1. The van der Waals surface area contributed by atoms with E-state index in [4.69, 9.17) is 4.74 Å². The Labute approximate surface area is 206 Å². The minimum atomic E-state index is -0.513. The van der Waals surface area contributed by atoms with Gasteiger partial charge in [0.2, 0.25) is 5.91 Å². The maximum absolute atomic E-state index is 13.0. The number of nitrogens with zero attached hydrogens (tertiary/aromatic N) is 3. The van der Waals surface area contributed by atoms with Gasteiger partial charge in [0.1, 0.15) is 17.4 Å². The first-order valence-corrected chi connectivity index (χ1v) is 11.4. The standard InChI is InChI=1S/C28H30N4O3/c1-6-21-9-7-8-10-26(21)30-27(33)18-31(4)28(34)23(17-29)16-22-15-19(2)32(20(22)3)24-11-13-25(35-5)14-12-24/h7-16H,6,18H2,1-5H3,(H,30,33)/b23-16+. The fraction of sp³-hybridized carbons (Fsp3) is 0.250. The Morgan fingerprint density at radius 2 is 1.83 bits per heavy atom. The number of para-hydroxylation sites is 1. The van der Waals surface area contributed by atoms with E-state index in [9.17, 15) is 14.9 Å². The zero-order valence-corrected chi connectivity index (χ0v) is 20.8. The summed E-state index contributed by atoms with van der Waals surface area (Å²) in [6.07, 6.45) is 2.35. The van der Waals surface area contributed by atoms with Gasteiger partial charge in [0, 0.05) is 29.8 Å². The van der Waals surface area contributed by atoms with Gasteiger partial charge in [-0.25, -0.2) is 0 Å². The number of benzene rings is 2. The molecule has 0 spiro atoms. The summed E-state index contributed by atoms with van der Waals surface area (Å²) in [6, 6.07) is 19.1. The van der Waals surface area contributed by atoms with Crippen LogP contribution in [0.3, 0.4) is 0 Å². The van der Waals surface area contributed by atoms with E-state index in [1.165, 1.54) is 11.9 Å². The summed E-state index contributed by atoms with van der Waals surface area (Å²) in [4.78, 5) is 26.8. The number of anilines is 1. The Morgan fingerprint density at radius 3 is 2.46 bits per heavy atom. The molecule has 0 saturated heterocycles. The largest absolute Gasteiger partial charge is 0.497 e. The molecule has 0 unspecified atom stereocenters. The number of nitrogens with one attached hydrogen (secondary N) is 1. The Kier molecular flexibility index (Phi) is 8.11. The van der Waals surface area contributed by atoms with E-state index in [0.29, 0.717) is 0 Å². The number of ether oxygens (including phenoxy) is 1. The summed E-state index contributed by atoms with van der Waals surface area (Å²) >= 11 is 0. The van der Waals surface area contributed by atoms with Crippen LogP contribution in [0.25, 0.3) is 11.8 Å². The van der Waals surface area contributed by atoms with E-state index in [1.807, 2.05) is 86.0 Å². The van der Waals surface area contributed by atoms with Gasteiger partial charge in [0.15, 0.2) is 0 Å². The molecule has 0 atom stereocenters. The summed E-state index contributed by atoms with van der Waals surface area (Å²) in [7, 11) is 3.13. The summed E-state index contributed by atoms with van der Waals surface area (Å²) < 4.78 is 7.28. The van der Waals surface area contributed by atoms with Gasteiger partial charge in [0.25, 0.3) is 5.91 Å². The number of carbonyl (C=O) groups is 2. The molecule has 1 aromatic heterocycles. The molecule has 0 fully saturated rings. The summed E-state index contributed by atoms with van der Waals surface area (Å²) in [5.41, 5.74) is 5.27. The molecule has 0 saturated carbocycles. The number of aromatic nitrogens is 1. The zero-order valence-electron chi connectivity index (χ0n) is 20.8. The molecular weight excluding hydrogens is 440 g/mol. The van der Waals surface area contributed by atoms with Crippen LogP contribution in [0, 0.1) is 25.2 Å². The molecule has 7 nitrogen and oxygen atoms in total. The van der Waals surface area contributed by atoms with Crippen LogP contribution >= 0.6 is 0 Å². The predicted molar refractivity (Wildman–Crippen MR) is 137 cm³/mol. The quantitative estimate of drug-likeness (QED) is 0.383. The number of amides is 2. The Balaban J connectivity index is 1.78. The third-order valence-electron chi connectivity index (χ3n) is 5.85. The molecule has 0 aliphatic rings. The smallest absolute Gasteiger partial charge is 0.264 e. The number of nitriles is 1. The van der Waals surface area contributed by atoms with Crippen LogP contribution in [-0.4, -0.2) is 42.0 Å². The number of methoxy groups -OCH3 is 1. The zero-order chi connectivity index (χ0) is 25.5. The van der Waals surface area contributed by atoms with Gasteiger partial charge in [-0.2, -0.15) is 5.26 Å². The lowest BCUT2D eigenvalue weighted by molar-refractivity contribution is -0.129. The molecule has 3 rings (SSSR count). The summed E-state index contributed by atoms with van der Waals surface area (Å²) in [5.74, 6) is -0.0728. The highest BCUT2D eigenvalue weighted by atomic mass is 16.5. The van der Waals surface area contributed by atoms with E-state index in [0.717, 1.165) is 46.1 Å². The van der Waals surface area contributed by atoms with Crippen LogP contribution in [-0.2, 0) is 16.0 Å². The SMILES string of the molecule is CCc1ccccc1NC(=O)CN(C)C(=O)/C(C#N)=C/c1cc(C)n(-c2ccc(OC)cc2)c1C. The summed E-state index contributed by atoms with van der Waals surface area (Å²) in [6.45, 7) is 5.74. The van der Waals surface area contributed by atoms with Gasteiger partial charge in [0.05, 0.1) is 13.7 Å². The highest BCUT2D eigenvalue weighted by Crippen LogP contribution is 2.24. The second-order valence-electron chi connectivity index (χ2n) is 8.25. The van der Waals surface area contributed by atoms with Crippen LogP contribution in [0.15, 0.2) is 60.2 Å². The second-order valence-corrected chi connectivity index (χ2v) is 8.25. The molecule has 0 aliphatic carbocycles. The molecule has 2 amide bonds. The first-order valence-electron chi connectivity index (χ1n) is 11.4. The van der Waals surface area contributed by atoms with E-state index in [-0.39, 0.29) is 18.0 Å². The molecule has 0 bridgehead atoms. The molecule has 3 aromatic rings. The molecule has 0 aliphatic heterocycles. The van der Waals surface area contributed by atoms with E-state index in [1.54, 1.807) is 13.2 Å². The van der Waals surface area contributed by atoms with Crippen LogP contribution in [0.4, 0.5) is 5.69 Å². The van der Waals surface area contributed by atoms with Crippen molar-refractivity contribution in [2.45, 2.75) is 27.2 Å². The number of carbonyl (C=O) groups excluding carboxylic acids is 2. The number of hydrogen-bond donors (Lipinski definition) is 1. The average Bonchev–Trinajstić information content (AvgIpc) is 3.14. The fourth-order valence-electron chi connectivity index (χ4n) is 3.99. The van der Waals surface area contributed by atoms with Crippen molar-refractivity contribution in [1.29, 1.82) is 5.26 Å². The highest BCUT2D eigenvalue weighted by Gasteiger charge is 2.19. The minimum Gasteiger partial charge on any atom is -0.497 e. The Hall–Kier alpha value is -4.31. The minimum absolute atomic E-state index is 0.0377. The maximum Gasteiger partial charge on any atom is 0.264 e. The van der Waals surface area contributed by atoms with Crippen molar-refractivity contribution >= 4 is 23.6 Å². The second kappa shape index (κ2) is 11.2. The van der Waals surface area contributed by atoms with Crippen LogP contribution < -0.4 is 10.1 Å². The van der Waals surface area contributed by atoms with Gasteiger partial charge in [-0.1, -0.05) is 25.1 Å². The van der Waals surface area contributed by atoms with Crippen LogP contribution in [0.2, 0.25) is 0 Å². The molecule has 1 N–H and O–H groups in total. The van der Waals surface area contributed by atoms with Crippen molar-refractivity contribution in [2.75, 3.05) is 26.0 Å². The van der Waals surface area contributed by atoms with Crippen LogP contribution in [0.1, 0.15) is 29.4 Å². The number of hydrogen-bond acceptors (Lipinski definition) is 4. The van der Waals surface area contributed by atoms with E-state index >= 15 is 0 Å². The predicted octanol–water partition coefficient (Wildman–Crippen LogP) is 4.67. The van der Waals surface area contributed by atoms with Gasteiger partial charge < -0.3 is 19.5 Å². The summed E-state index contributed by atoms with van der Waals surface area (Å²) in [5, 5.41) is 12.6. The third kappa shape index (κ3) is 5.79. The van der Waals surface area contributed by atoms with Crippen molar-refractivity contribution < 1.29 is 14.3 Å². The van der Waals surface area contributed by atoms with Gasteiger partial charge in [-0.05, 0) is 73.9 Å². The van der Waals surface area contributed by atoms with Crippen molar-refractivity contribution in [3.63, 3.8) is 0 Å². The third-order valence-corrected chi connectivity index (χ3v) is 5.85. The molecule has 180 valence electrons. The Morgan fingerprint density at radius 1 is 1.14 bits per heavy atom. The van der Waals surface area contributed by atoms with Gasteiger partial charge >= 0.3 is 0 Å². The van der Waals surface area contributed by atoms with Gasteiger partial charge in [-0.3, -0.25) is 9.59 Å².